The Labute approximate surface area is 119 Å². The second-order valence-corrected chi connectivity index (χ2v) is 5.12. The topological polar surface area (TPSA) is 22.1 Å². The Morgan fingerprint density at radius 2 is 1.70 bits per heavy atom. The van der Waals surface area contributed by atoms with Crippen LogP contribution in [0.2, 0.25) is 0 Å². The summed E-state index contributed by atoms with van der Waals surface area (Å²) in [5.41, 5.74) is 4.63. The van der Waals surface area contributed by atoms with Gasteiger partial charge in [0.05, 0.1) is 0 Å². The lowest BCUT2D eigenvalue weighted by molar-refractivity contribution is 0.309. The summed E-state index contributed by atoms with van der Waals surface area (Å²) < 4.78 is 5.95. The van der Waals surface area contributed by atoms with Gasteiger partial charge in [0.15, 0.2) is 0 Å². The summed E-state index contributed by atoms with van der Waals surface area (Å²) in [5.74, 6) is 0.835. The Bertz CT molecular complexity index is 724. The number of benzene rings is 2. The van der Waals surface area contributed by atoms with Crippen LogP contribution in [0.25, 0.3) is 10.9 Å². The van der Waals surface area contributed by atoms with Crippen LogP contribution in [0.1, 0.15) is 16.7 Å². The normalized spacial score (nSPS) is 10.7. The molecule has 1 heterocycles. The maximum atomic E-state index is 5.95. The van der Waals surface area contributed by atoms with Gasteiger partial charge >= 0.3 is 0 Å². The first-order chi connectivity index (χ1) is 9.72. The molecule has 0 aliphatic rings. The Kier molecular flexibility index (Phi) is 3.38. The number of hydrogen-bond donors (Lipinski definition) is 0. The summed E-state index contributed by atoms with van der Waals surface area (Å²) in [7, 11) is 0. The number of nitrogens with zero attached hydrogens (tertiary/aromatic N) is 1. The Hall–Kier alpha value is -2.35. The first-order valence-electron chi connectivity index (χ1n) is 6.76. The maximum absolute atomic E-state index is 5.95. The van der Waals surface area contributed by atoms with Crippen molar-refractivity contribution < 1.29 is 4.74 Å². The Morgan fingerprint density at radius 1 is 0.950 bits per heavy atom. The zero-order valence-electron chi connectivity index (χ0n) is 11.8. The highest BCUT2D eigenvalue weighted by molar-refractivity contribution is 5.84. The zero-order valence-corrected chi connectivity index (χ0v) is 11.8. The molecule has 0 fully saturated rings. The molecule has 3 aromatic rings. The second-order valence-electron chi connectivity index (χ2n) is 5.12. The zero-order chi connectivity index (χ0) is 13.9. The molecular formula is C18H17NO. The number of para-hydroxylation sites is 1. The standard InChI is InChI=1S/C18H17NO/c1-13-9-14(2)11-15(10-13)12-20-17-7-3-5-16-6-4-8-19-18(16)17/h3-11H,12H2,1-2H3. The quantitative estimate of drug-likeness (QED) is 0.697. The van der Waals surface area contributed by atoms with Gasteiger partial charge in [-0.3, -0.25) is 4.98 Å². The number of aromatic nitrogens is 1. The van der Waals surface area contributed by atoms with Crippen molar-refractivity contribution in [2.24, 2.45) is 0 Å². The van der Waals surface area contributed by atoms with E-state index < -0.39 is 0 Å². The van der Waals surface area contributed by atoms with Gasteiger partial charge in [-0.2, -0.15) is 0 Å². The summed E-state index contributed by atoms with van der Waals surface area (Å²) in [6.07, 6.45) is 1.80. The molecule has 2 nitrogen and oxygen atoms in total. The molecule has 100 valence electrons. The van der Waals surface area contributed by atoms with Crippen LogP contribution in [0, 0.1) is 13.8 Å². The van der Waals surface area contributed by atoms with E-state index in [0.717, 1.165) is 16.7 Å². The first-order valence-corrected chi connectivity index (χ1v) is 6.76. The van der Waals surface area contributed by atoms with E-state index in [1.165, 1.54) is 16.7 Å². The third-order valence-electron chi connectivity index (χ3n) is 3.27. The third kappa shape index (κ3) is 2.64. The van der Waals surface area contributed by atoms with Gasteiger partial charge in [-0.1, -0.05) is 47.5 Å². The van der Waals surface area contributed by atoms with Crippen LogP contribution < -0.4 is 4.74 Å². The largest absolute Gasteiger partial charge is 0.487 e. The minimum Gasteiger partial charge on any atom is -0.487 e. The van der Waals surface area contributed by atoms with E-state index in [1.807, 2.05) is 30.3 Å². The minimum absolute atomic E-state index is 0.568. The van der Waals surface area contributed by atoms with Crippen LogP contribution in [-0.4, -0.2) is 4.98 Å². The van der Waals surface area contributed by atoms with Crippen LogP contribution in [-0.2, 0) is 6.61 Å². The van der Waals surface area contributed by atoms with Crippen molar-refractivity contribution >= 4 is 10.9 Å². The SMILES string of the molecule is Cc1cc(C)cc(COc2cccc3cccnc23)c1. The number of aryl methyl sites for hydroxylation is 2. The molecule has 0 saturated carbocycles. The average Bonchev–Trinajstić information content (AvgIpc) is 2.44. The van der Waals surface area contributed by atoms with Crippen molar-refractivity contribution in [3.8, 4) is 5.75 Å². The molecule has 0 aliphatic carbocycles. The number of pyridine rings is 1. The Morgan fingerprint density at radius 3 is 2.50 bits per heavy atom. The molecule has 0 aliphatic heterocycles. The summed E-state index contributed by atoms with van der Waals surface area (Å²) in [5, 5.41) is 1.10. The smallest absolute Gasteiger partial charge is 0.146 e. The van der Waals surface area contributed by atoms with Crippen LogP contribution in [0.3, 0.4) is 0 Å². The van der Waals surface area contributed by atoms with E-state index >= 15 is 0 Å². The van der Waals surface area contributed by atoms with Crippen molar-refractivity contribution in [3.05, 3.63) is 71.4 Å². The van der Waals surface area contributed by atoms with Crippen molar-refractivity contribution in [1.29, 1.82) is 0 Å². The van der Waals surface area contributed by atoms with Gasteiger partial charge in [-0.25, -0.2) is 0 Å². The van der Waals surface area contributed by atoms with E-state index in [2.05, 4.69) is 37.0 Å². The van der Waals surface area contributed by atoms with Gasteiger partial charge < -0.3 is 4.74 Å². The number of hydrogen-bond acceptors (Lipinski definition) is 2. The lowest BCUT2D eigenvalue weighted by Crippen LogP contribution is -1.97. The third-order valence-corrected chi connectivity index (χ3v) is 3.27. The molecule has 0 saturated heterocycles. The van der Waals surface area contributed by atoms with Crippen LogP contribution in [0.4, 0.5) is 0 Å². The van der Waals surface area contributed by atoms with Gasteiger partial charge in [0, 0.05) is 11.6 Å². The van der Waals surface area contributed by atoms with E-state index in [1.54, 1.807) is 6.20 Å². The predicted molar refractivity (Wildman–Crippen MR) is 82.0 cm³/mol. The van der Waals surface area contributed by atoms with Gasteiger partial charge in [-0.15, -0.1) is 0 Å². The van der Waals surface area contributed by atoms with E-state index in [-0.39, 0.29) is 0 Å². The fraction of sp³-hybridized carbons (Fsp3) is 0.167. The minimum atomic E-state index is 0.568. The molecule has 3 rings (SSSR count). The molecular weight excluding hydrogens is 246 g/mol. The molecule has 0 bridgehead atoms. The summed E-state index contributed by atoms with van der Waals surface area (Å²) in [6, 6.07) is 16.5. The molecule has 1 aromatic heterocycles. The molecule has 20 heavy (non-hydrogen) atoms. The molecule has 0 atom stereocenters. The van der Waals surface area contributed by atoms with Crippen molar-refractivity contribution in [1.82, 2.24) is 4.98 Å². The highest BCUT2D eigenvalue weighted by Gasteiger charge is 2.03. The van der Waals surface area contributed by atoms with Crippen molar-refractivity contribution in [2.75, 3.05) is 0 Å². The molecule has 0 N–H and O–H groups in total. The number of ether oxygens (including phenoxy) is 1. The molecule has 0 spiro atoms. The number of fused-ring (bicyclic) bond motifs is 1. The second kappa shape index (κ2) is 5.33. The van der Waals surface area contributed by atoms with E-state index in [4.69, 9.17) is 4.74 Å². The highest BCUT2D eigenvalue weighted by atomic mass is 16.5. The van der Waals surface area contributed by atoms with Crippen molar-refractivity contribution in [3.63, 3.8) is 0 Å². The fourth-order valence-electron chi connectivity index (χ4n) is 2.51. The molecule has 2 aromatic carbocycles. The van der Waals surface area contributed by atoms with Gasteiger partial charge in [0.25, 0.3) is 0 Å². The fourth-order valence-corrected chi connectivity index (χ4v) is 2.51. The lowest BCUT2D eigenvalue weighted by Gasteiger charge is -2.10. The van der Waals surface area contributed by atoms with E-state index in [9.17, 15) is 0 Å². The summed E-state index contributed by atoms with van der Waals surface area (Å²) in [4.78, 5) is 4.40. The summed E-state index contributed by atoms with van der Waals surface area (Å²) >= 11 is 0. The monoisotopic (exact) mass is 263 g/mol. The molecule has 0 radical (unpaired) electrons. The van der Waals surface area contributed by atoms with E-state index in [0.29, 0.717) is 6.61 Å². The summed E-state index contributed by atoms with van der Waals surface area (Å²) in [6.45, 7) is 4.78. The van der Waals surface area contributed by atoms with Gasteiger partial charge in [0.2, 0.25) is 0 Å². The van der Waals surface area contributed by atoms with Gasteiger partial charge in [-0.05, 0) is 31.5 Å². The Balaban J connectivity index is 1.87. The highest BCUT2D eigenvalue weighted by Crippen LogP contribution is 2.24. The van der Waals surface area contributed by atoms with Crippen LogP contribution in [0.15, 0.2) is 54.7 Å². The first kappa shape index (κ1) is 12.7. The van der Waals surface area contributed by atoms with Crippen LogP contribution >= 0.6 is 0 Å². The lowest BCUT2D eigenvalue weighted by atomic mass is 10.1. The molecule has 0 unspecified atom stereocenters. The van der Waals surface area contributed by atoms with Crippen LogP contribution in [0.5, 0.6) is 5.75 Å². The maximum Gasteiger partial charge on any atom is 0.146 e. The number of rotatable bonds is 3. The van der Waals surface area contributed by atoms with Gasteiger partial charge in [0.1, 0.15) is 17.9 Å². The van der Waals surface area contributed by atoms with Crippen molar-refractivity contribution in [2.45, 2.75) is 20.5 Å². The molecule has 0 amide bonds. The predicted octanol–water partition coefficient (Wildman–Crippen LogP) is 4.43. The molecule has 2 heteroatoms. The average molecular weight is 263 g/mol.